The van der Waals surface area contributed by atoms with E-state index >= 15 is 0 Å². The van der Waals surface area contributed by atoms with Crippen molar-refractivity contribution >= 4 is 36.8 Å². The standard InChI is InChI=1S/C39H54ClN3O7Si/c1-39(2,3)51(7,8)50-22-11-12-30-31-18-19-32(40)34(35-28(24-41-42(35)4)26-47-25-27-14-16-29(45-5)17-15-27)36(31)43(37(30)38(44)46-6)20-23-49-33-13-9-10-21-48-33/h14-19,24,33H,9-13,20-23,25-26H2,1-8H3. The first kappa shape index (κ1) is 39.0. The zero-order valence-corrected chi connectivity index (χ0v) is 33.2. The molecule has 0 saturated carbocycles. The van der Waals surface area contributed by atoms with Crippen LogP contribution < -0.4 is 4.74 Å². The van der Waals surface area contributed by atoms with Gasteiger partial charge in [0.1, 0.15) is 11.4 Å². The molecule has 0 spiro atoms. The van der Waals surface area contributed by atoms with Crippen molar-refractivity contribution in [2.24, 2.45) is 7.05 Å². The van der Waals surface area contributed by atoms with E-state index < -0.39 is 14.3 Å². The van der Waals surface area contributed by atoms with Crippen LogP contribution in [0.25, 0.3) is 22.2 Å². The highest BCUT2D eigenvalue weighted by Gasteiger charge is 2.37. The number of esters is 1. The van der Waals surface area contributed by atoms with Gasteiger partial charge in [-0.3, -0.25) is 4.68 Å². The Balaban J connectivity index is 1.54. The van der Waals surface area contributed by atoms with Gasteiger partial charge in [-0.05, 0) is 79.6 Å². The monoisotopic (exact) mass is 739 g/mol. The maximum absolute atomic E-state index is 13.7. The maximum atomic E-state index is 13.7. The summed E-state index contributed by atoms with van der Waals surface area (Å²) in [6.45, 7) is 14.0. The number of rotatable bonds is 16. The SMILES string of the molecule is COC(=O)c1c(CCCO[Si](C)(C)C(C)(C)C)c2ccc(Cl)c(-c3c(COCc4ccc(OC)cc4)cnn3C)c2n1CCOC1CCCCO1. The fourth-order valence-corrected chi connectivity index (χ4v) is 7.68. The number of nitrogens with zero attached hydrogens (tertiary/aromatic N) is 3. The lowest BCUT2D eigenvalue weighted by Crippen LogP contribution is -2.41. The molecular weight excluding hydrogens is 686 g/mol. The van der Waals surface area contributed by atoms with Crippen molar-refractivity contribution in [2.75, 3.05) is 34.0 Å². The molecule has 1 unspecified atom stereocenters. The van der Waals surface area contributed by atoms with E-state index in [0.29, 0.717) is 56.7 Å². The second-order valence-electron chi connectivity index (χ2n) is 14.7. The number of fused-ring (bicyclic) bond motifs is 1. The summed E-state index contributed by atoms with van der Waals surface area (Å²) in [4.78, 5) is 13.7. The third-order valence-corrected chi connectivity index (χ3v) is 15.0. The van der Waals surface area contributed by atoms with E-state index in [1.165, 1.54) is 7.11 Å². The second-order valence-corrected chi connectivity index (χ2v) is 19.9. The molecule has 0 N–H and O–H groups in total. The van der Waals surface area contributed by atoms with Crippen LogP contribution in [0.5, 0.6) is 5.75 Å². The van der Waals surface area contributed by atoms with E-state index in [1.807, 2.05) is 58.9 Å². The van der Waals surface area contributed by atoms with Crippen LogP contribution in [0.1, 0.15) is 73.6 Å². The minimum Gasteiger partial charge on any atom is -0.497 e. The molecule has 0 bridgehead atoms. The number of ether oxygens (including phenoxy) is 5. The van der Waals surface area contributed by atoms with Crippen LogP contribution in [0, 0.1) is 0 Å². The summed E-state index contributed by atoms with van der Waals surface area (Å²) in [5.41, 5.74) is 5.74. The lowest BCUT2D eigenvalue weighted by Gasteiger charge is -2.36. The smallest absolute Gasteiger partial charge is 0.354 e. The van der Waals surface area contributed by atoms with Crippen molar-refractivity contribution in [3.05, 3.63) is 70.0 Å². The predicted octanol–water partition coefficient (Wildman–Crippen LogP) is 8.70. The first-order valence-electron chi connectivity index (χ1n) is 17.9. The lowest BCUT2D eigenvalue weighted by atomic mass is 10.0. The van der Waals surface area contributed by atoms with Gasteiger partial charge in [0.15, 0.2) is 14.6 Å². The van der Waals surface area contributed by atoms with Crippen LogP contribution in [0.2, 0.25) is 23.2 Å². The number of hydrogen-bond donors (Lipinski definition) is 0. The fraction of sp³-hybridized carbons (Fsp3) is 0.538. The van der Waals surface area contributed by atoms with Gasteiger partial charge in [-0.25, -0.2) is 4.79 Å². The van der Waals surface area contributed by atoms with Gasteiger partial charge >= 0.3 is 5.97 Å². The Morgan fingerprint density at radius 3 is 2.49 bits per heavy atom. The highest BCUT2D eigenvalue weighted by molar-refractivity contribution is 6.74. The van der Waals surface area contributed by atoms with Crippen molar-refractivity contribution in [3.8, 4) is 17.0 Å². The third kappa shape index (κ3) is 9.07. The van der Waals surface area contributed by atoms with Crippen molar-refractivity contribution in [3.63, 3.8) is 0 Å². The largest absolute Gasteiger partial charge is 0.497 e. The van der Waals surface area contributed by atoms with Gasteiger partial charge in [0.25, 0.3) is 0 Å². The zero-order chi connectivity index (χ0) is 36.8. The average Bonchev–Trinajstić information content (AvgIpc) is 3.63. The van der Waals surface area contributed by atoms with Crippen LogP contribution in [0.15, 0.2) is 42.6 Å². The Morgan fingerprint density at radius 1 is 1.06 bits per heavy atom. The van der Waals surface area contributed by atoms with Gasteiger partial charge in [-0.15, -0.1) is 0 Å². The number of carbonyl (C=O) groups is 1. The van der Waals surface area contributed by atoms with Crippen LogP contribution >= 0.6 is 11.6 Å². The Hall–Kier alpha value is -3.19. The Morgan fingerprint density at radius 2 is 1.82 bits per heavy atom. The summed E-state index contributed by atoms with van der Waals surface area (Å²) in [6, 6.07) is 11.7. The van der Waals surface area contributed by atoms with E-state index in [-0.39, 0.29) is 11.3 Å². The molecule has 1 aliphatic heterocycles. The van der Waals surface area contributed by atoms with E-state index in [1.54, 1.807) is 7.11 Å². The highest BCUT2D eigenvalue weighted by atomic mass is 35.5. The Bertz CT molecular complexity index is 1770. The van der Waals surface area contributed by atoms with Crippen LogP contribution in [0.3, 0.4) is 0 Å². The molecule has 5 rings (SSSR count). The van der Waals surface area contributed by atoms with Crippen molar-refractivity contribution in [1.29, 1.82) is 0 Å². The zero-order valence-electron chi connectivity index (χ0n) is 31.5. The molecule has 2 aromatic heterocycles. The summed E-state index contributed by atoms with van der Waals surface area (Å²) >= 11 is 7.13. The highest BCUT2D eigenvalue weighted by Crippen LogP contribution is 2.42. The van der Waals surface area contributed by atoms with Crippen LogP contribution in [-0.2, 0) is 56.6 Å². The molecule has 3 heterocycles. The van der Waals surface area contributed by atoms with E-state index in [4.69, 9.17) is 39.7 Å². The first-order chi connectivity index (χ1) is 24.4. The normalized spacial score (nSPS) is 15.4. The molecule has 0 amide bonds. The molecule has 10 nitrogen and oxygen atoms in total. The van der Waals surface area contributed by atoms with E-state index in [2.05, 4.69) is 39.0 Å². The number of hydrogen-bond acceptors (Lipinski definition) is 8. The lowest BCUT2D eigenvalue weighted by molar-refractivity contribution is -0.163. The number of methoxy groups -OCH3 is 2. The van der Waals surface area contributed by atoms with Gasteiger partial charge in [-0.2, -0.15) is 5.10 Å². The van der Waals surface area contributed by atoms with E-state index in [9.17, 15) is 4.79 Å². The molecule has 12 heteroatoms. The molecule has 0 radical (unpaired) electrons. The first-order valence-corrected chi connectivity index (χ1v) is 21.2. The molecule has 0 aliphatic carbocycles. The molecule has 1 fully saturated rings. The molecule has 278 valence electrons. The minimum atomic E-state index is -1.94. The molecular formula is C39H54ClN3O7Si. The Labute approximate surface area is 308 Å². The van der Waals surface area contributed by atoms with Crippen molar-refractivity contribution < 1.29 is 32.9 Å². The minimum absolute atomic E-state index is 0.104. The maximum Gasteiger partial charge on any atom is 0.354 e. The number of aryl methyl sites for hydroxylation is 2. The number of aromatic nitrogens is 3. The fourth-order valence-electron chi connectivity index (χ4n) is 6.35. The summed E-state index contributed by atoms with van der Waals surface area (Å²) in [6.07, 6.45) is 5.88. The molecule has 4 aromatic rings. The summed E-state index contributed by atoms with van der Waals surface area (Å²) in [7, 11) is 3.03. The average molecular weight is 740 g/mol. The molecule has 1 aliphatic rings. The topological polar surface area (TPSA) is 95.2 Å². The van der Waals surface area contributed by atoms with Gasteiger partial charge in [0.05, 0.1) is 56.5 Å². The number of carbonyl (C=O) groups excluding carboxylic acids is 1. The van der Waals surface area contributed by atoms with Crippen LogP contribution in [0.4, 0.5) is 0 Å². The molecule has 1 saturated heterocycles. The van der Waals surface area contributed by atoms with Gasteiger partial charge < -0.3 is 32.7 Å². The molecule has 1 atom stereocenters. The second kappa shape index (κ2) is 17.1. The number of benzene rings is 2. The molecule has 2 aromatic carbocycles. The van der Waals surface area contributed by atoms with Crippen molar-refractivity contribution in [1.82, 2.24) is 14.3 Å². The van der Waals surface area contributed by atoms with Gasteiger partial charge in [-0.1, -0.05) is 50.6 Å². The Kier molecular flexibility index (Phi) is 13.1. The third-order valence-electron chi connectivity index (χ3n) is 10.2. The molecule has 51 heavy (non-hydrogen) atoms. The van der Waals surface area contributed by atoms with E-state index in [0.717, 1.165) is 70.3 Å². The van der Waals surface area contributed by atoms with Gasteiger partial charge in [0.2, 0.25) is 0 Å². The quantitative estimate of drug-likeness (QED) is 0.0640. The van der Waals surface area contributed by atoms with Crippen molar-refractivity contribution in [2.45, 2.75) is 97.1 Å². The summed E-state index contributed by atoms with van der Waals surface area (Å²) in [5.74, 6) is 0.389. The predicted molar refractivity (Wildman–Crippen MR) is 203 cm³/mol. The van der Waals surface area contributed by atoms with Gasteiger partial charge in [0, 0.05) is 43.3 Å². The summed E-state index contributed by atoms with van der Waals surface area (Å²) in [5, 5.41) is 6.21. The summed E-state index contributed by atoms with van der Waals surface area (Å²) < 4.78 is 39.4. The van der Waals surface area contributed by atoms with Crippen LogP contribution in [-0.4, -0.2) is 69.0 Å². The number of halogens is 1.